The van der Waals surface area contributed by atoms with Crippen LogP contribution in [0.2, 0.25) is 0 Å². The second-order valence-corrected chi connectivity index (χ2v) is 4.96. The summed E-state index contributed by atoms with van der Waals surface area (Å²) >= 11 is 3.18. The molecule has 0 spiro atoms. The first kappa shape index (κ1) is 14.7. The van der Waals surface area contributed by atoms with Gasteiger partial charge in [0.2, 0.25) is 0 Å². The lowest BCUT2D eigenvalue weighted by molar-refractivity contribution is 0.0962. The van der Waals surface area contributed by atoms with Gasteiger partial charge in [0.15, 0.2) is 5.78 Å². The van der Waals surface area contributed by atoms with Gasteiger partial charge in [0.25, 0.3) is 0 Å². The molecule has 2 aromatic carbocycles. The van der Waals surface area contributed by atoms with Crippen LogP contribution in [0, 0.1) is 11.6 Å². The number of carbonyl (C=O) groups excluding carboxylic acids is 1. The molecule has 0 aliphatic carbocycles. The van der Waals surface area contributed by atoms with Crippen LogP contribution in [0.3, 0.4) is 0 Å². The summed E-state index contributed by atoms with van der Waals surface area (Å²) in [7, 11) is 0. The maximum absolute atomic E-state index is 12.9. The molecule has 0 aromatic heterocycles. The Bertz CT molecular complexity index is 612. The number of benzene rings is 2. The molecule has 0 radical (unpaired) electrons. The fraction of sp³-hybridized carbons (Fsp3) is 0.133. The lowest BCUT2D eigenvalue weighted by Gasteiger charge is -2.07. The van der Waals surface area contributed by atoms with Gasteiger partial charge in [0.05, 0.1) is 11.1 Å². The molecular formula is C15H11BrF2O2. The van der Waals surface area contributed by atoms with Crippen molar-refractivity contribution in [3.05, 3.63) is 64.1 Å². The van der Waals surface area contributed by atoms with Gasteiger partial charge in [-0.2, -0.15) is 0 Å². The normalized spacial score (nSPS) is 10.3. The molecule has 104 valence electrons. The summed E-state index contributed by atoms with van der Waals surface area (Å²) in [6.07, 6.45) is 0.162. The van der Waals surface area contributed by atoms with Crippen LogP contribution < -0.4 is 4.74 Å². The van der Waals surface area contributed by atoms with Crippen molar-refractivity contribution < 1.29 is 18.3 Å². The number of halogens is 3. The fourth-order valence-electron chi connectivity index (χ4n) is 1.63. The van der Waals surface area contributed by atoms with Crippen LogP contribution in [0.1, 0.15) is 16.8 Å². The van der Waals surface area contributed by atoms with Crippen LogP contribution in [0.15, 0.2) is 46.9 Å². The Hall–Kier alpha value is -1.75. The second-order valence-electron chi connectivity index (χ2n) is 4.10. The summed E-state index contributed by atoms with van der Waals surface area (Å²) in [4.78, 5) is 11.8. The lowest BCUT2D eigenvalue weighted by Crippen LogP contribution is -2.07. The zero-order valence-electron chi connectivity index (χ0n) is 10.4. The summed E-state index contributed by atoms with van der Waals surface area (Å²) in [5, 5.41) is 0. The van der Waals surface area contributed by atoms with E-state index in [0.717, 1.165) is 0 Å². The third-order valence-electron chi connectivity index (χ3n) is 2.65. The maximum Gasteiger partial charge on any atom is 0.166 e. The summed E-state index contributed by atoms with van der Waals surface area (Å²) < 4.78 is 31.5. The van der Waals surface area contributed by atoms with Crippen LogP contribution in [0.4, 0.5) is 8.78 Å². The highest BCUT2D eigenvalue weighted by atomic mass is 79.9. The Labute approximate surface area is 123 Å². The third-order valence-corrected chi connectivity index (χ3v) is 3.27. The Balaban J connectivity index is 1.89. The van der Waals surface area contributed by atoms with E-state index in [9.17, 15) is 13.6 Å². The minimum Gasteiger partial charge on any atom is -0.492 e. The summed E-state index contributed by atoms with van der Waals surface area (Å²) in [5.74, 6) is -0.416. The number of hydrogen-bond acceptors (Lipinski definition) is 2. The van der Waals surface area contributed by atoms with Crippen LogP contribution in [-0.4, -0.2) is 12.4 Å². The van der Waals surface area contributed by atoms with E-state index in [-0.39, 0.29) is 30.4 Å². The zero-order chi connectivity index (χ0) is 14.5. The van der Waals surface area contributed by atoms with E-state index < -0.39 is 0 Å². The van der Waals surface area contributed by atoms with Crippen molar-refractivity contribution in [1.29, 1.82) is 0 Å². The molecule has 0 amide bonds. The lowest BCUT2D eigenvalue weighted by atomic mass is 10.1. The van der Waals surface area contributed by atoms with Gasteiger partial charge >= 0.3 is 0 Å². The van der Waals surface area contributed by atoms with Gasteiger partial charge in [-0.25, -0.2) is 8.78 Å². The number of Topliss-reactive ketones (excluding diaryl/α,β-unsaturated/α-hetero) is 1. The van der Waals surface area contributed by atoms with Gasteiger partial charge in [-0.1, -0.05) is 0 Å². The van der Waals surface area contributed by atoms with Crippen LogP contribution in [0.5, 0.6) is 5.75 Å². The first-order valence-electron chi connectivity index (χ1n) is 5.93. The molecule has 2 nitrogen and oxygen atoms in total. The van der Waals surface area contributed by atoms with Crippen molar-refractivity contribution in [2.75, 3.05) is 6.61 Å². The van der Waals surface area contributed by atoms with Crippen molar-refractivity contribution in [3.63, 3.8) is 0 Å². The Morgan fingerprint density at radius 1 is 1.05 bits per heavy atom. The first-order valence-corrected chi connectivity index (χ1v) is 6.72. The third kappa shape index (κ3) is 3.87. The predicted molar refractivity (Wildman–Crippen MR) is 74.9 cm³/mol. The van der Waals surface area contributed by atoms with Crippen LogP contribution >= 0.6 is 15.9 Å². The van der Waals surface area contributed by atoms with E-state index in [1.54, 1.807) is 0 Å². The Kier molecular flexibility index (Phi) is 4.84. The molecule has 0 saturated carbocycles. The number of carbonyl (C=O) groups is 1. The average molecular weight is 341 g/mol. The smallest absolute Gasteiger partial charge is 0.166 e. The molecule has 0 saturated heterocycles. The molecule has 20 heavy (non-hydrogen) atoms. The number of ketones is 1. The highest BCUT2D eigenvalue weighted by Gasteiger charge is 2.08. The van der Waals surface area contributed by atoms with Crippen molar-refractivity contribution in [1.82, 2.24) is 0 Å². The van der Waals surface area contributed by atoms with E-state index in [2.05, 4.69) is 15.9 Å². The van der Waals surface area contributed by atoms with E-state index in [1.165, 1.54) is 42.5 Å². The summed E-state index contributed by atoms with van der Waals surface area (Å²) in [5.41, 5.74) is 0.438. The quantitative estimate of drug-likeness (QED) is 0.755. The van der Waals surface area contributed by atoms with Crippen LogP contribution in [-0.2, 0) is 0 Å². The number of ether oxygens (including phenoxy) is 1. The molecule has 0 aliphatic rings. The van der Waals surface area contributed by atoms with Gasteiger partial charge in [-0.3, -0.25) is 4.79 Å². The maximum atomic E-state index is 12.9. The van der Waals surface area contributed by atoms with Crippen molar-refractivity contribution >= 4 is 21.7 Å². The molecule has 0 fully saturated rings. The topological polar surface area (TPSA) is 26.3 Å². The van der Waals surface area contributed by atoms with Gasteiger partial charge in [0.1, 0.15) is 17.4 Å². The van der Waals surface area contributed by atoms with Gasteiger partial charge in [-0.15, -0.1) is 0 Å². The monoisotopic (exact) mass is 340 g/mol. The molecule has 0 N–H and O–H groups in total. The Morgan fingerprint density at radius 2 is 1.70 bits per heavy atom. The highest BCUT2D eigenvalue weighted by molar-refractivity contribution is 9.10. The molecule has 0 bridgehead atoms. The highest BCUT2D eigenvalue weighted by Crippen LogP contribution is 2.25. The first-order chi connectivity index (χ1) is 9.56. The minimum absolute atomic E-state index is 0.136. The SMILES string of the molecule is O=C(CCOc1ccc(F)cc1Br)c1ccc(F)cc1. The molecule has 0 unspecified atom stereocenters. The van der Waals surface area contributed by atoms with Gasteiger partial charge in [-0.05, 0) is 58.4 Å². The average Bonchev–Trinajstić information content (AvgIpc) is 2.42. The second kappa shape index (κ2) is 6.61. The fourth-order valence-corrected chi connectivity index (χ4v) is 2.09. The molecule has 0 atom stereocenters. The van der Waals surface area contributed by atoms with Crippen molar-refractivity contribution in [2.45, 2.75) is 6.42 Å². The van der Waals surface area contributed by atoms with E-state index >= 15 is 0 Å². The molecule has 0 aliphatic heterocycles. The largest absolute Gasteiger partial charge is 0.492 e. The molecule has 5 heteroatoms. The summed E-state index contributed by atoms with van der Waals surface area (Å²) in [6.45, 7) is 0.167. The molecular weight excluding hydrogens is 330 g/mol. The van der Waals surface area contributed by atoms with Gasteiger partial charge in [0, 0.05) is 12.0 Å². The van der Waals surface area contributed by atoms with E-state index in [0.29, 0.717) is 15.8 Å². The van der Waals surface area contributed by atoms with Crippen LogP contribution in [0.25, 0.3) is 0 Å². The predicted octanol–water partition coefficient (Wildman–Crippen LogP) is 4.38. The summed E-state index contributed by atoms with van der Waals surface area (Å²) in [6, 6.07) is 9.41. The number of hydrogen-bond donors (Lipinski definition) is 0. The molecule has 2 rings (SSSR count). The molecule has 0 heterocycles. The zero-order valence-corrected chi connectivity index (χ0v) is 12.0. The van der Waals surface area contributed by atoms with E-state index in [1.807, 2.05) is 0 Å². The Morgan fingerprint density at radius 3 is 2.35 bits per heavy atom. The van der Waals surface area contributed by atoms with Gasteiger partial charge < -0.3 is 4.74 Å². The van der Waals surface area contributed by atoms with Crippen molar-refractivity contribution in [3.8, 4) is 5.75 Å². The molecule has 2 aromatic rings. The number of rotatable bonds is 5. The standard InChI is InChI=1S/C15H11BrF2O2/c16-13-9-12(18)5-6-15(13)20-8-7-14(19)10-1-3-11(17)4-2-10/h1-6,9H,7-8H2. The minimum atomic E-state index is -0.381. The van der Waals surface area contributed by atoms with Crippen molar-refractivity contribution in [2.24, 2.45) is 0 Å². The van der Waals surface area contributed by atoms with E-state index in [4.69, 9.17) is 4.74 Å².